The number of hydrogen-bond acceptors (Lipinski definition) is 6. The molecule has 42 heavy (non-hydrogen) atoms. The molecule has 0 radical (unpaired) electrons. The molecule has 4 aliphatic rings. The summed E-state index contributed by atoms with van der Waals surface area (Å²) in [6.07, 6.45) is -5.38. The van der Waals surface area contributed by atoms with Gasteiger partial charge in [-0.1, -0.05) is 20.8 Å². The van der Waals surface area contributed by atoms with Gasteiger partial charge in [0.1, 0.15) is 12.1 Å². The molecule has 17 heteroatoms. The van der Waals surface area contributed by atoms with E-state index in [0.29, 0.717) is 12.3 Å². The van der Waals surface area contributed by atoms with Crippen LogP contribution >= 0.6 is 0 Å². The van der Waals surface area contributed by atoms with Gasteiger partial charge in [0.15, 0.2) is 0 Å². The Hall–Kier alpha value is -2.85. The van der Waals surface area contributed by atoms with Gasteiger partial charge in [-0.25, -0.2) is 17.2 Å². The van der Waals surface area contributed by atoms with E-state index < -0.39 is 98.6 Å². The average Bonchev–Trinajstić information content (AvgIpc) is 3.22. The zero-order chi connectivity index (χ0) is 32.0. The minimum absolute atomic E-state index is 0.00808. The Kier molecular flexibility index (Phi) is 9.36. The van der Waals surface area contributed by atoms with Crippen molar-refractivity contribution >= 4 is 33.5 Å². The van der Waals surface area contributed by atoms with Crippen LogP contribution in [0, 0.1) is 17.3 Å². The maximum absolute atomic E-state index is 15.1. The first-order valence-electron chi connectivity index (χ1n) is 13.3. The Labute approximate surface area is 238 Å². The third kappa shape index (κ3) is 7.37. The molecule has 0 unspecified atom stereocenters. The van der Waals surface area contributed by atoms with Crippen molar-refractivity contribution in [2.75, 3.05) is 12.8 Å². The van der Waals surface area contributed by atoms with Gasteiger partial charge in [0.05, 0.1) is 12.0 Å². The van der Waals surface area contributed by atoms with Gasteiger partial charge in [0.25, 0.3) is 5.92 Å². The normalized spacial score (nSPS) is 27.7. The van der Waals surface area contributed by atoms with E-state index in [2.05, 4.69) is 10.6 Å². The molecule has 4 amide bonds. The van der Waals surface area contributed by atoms with Crippen molar-refractivity contribution in [2.24, 2.45) is 17.3 Å². The van der Waals surface area contributed by atoms with Crippen molar-refractivity contribution in [3.63, 3.8) is 0 Å². The zero-order valence-corrected chi connectivity index (χ0v) is 24.2. The van der Waals surface area contributed by atoms with Crippen molar-refractivity contribution in [1.29, 1.82) is 0 Å². The third-order valence-corrected chi connectivity index (χ3v) is 8.66. The first kappa shape index (κ1) is 33.6. The Bertz CT molecular complexity index is 1250. The molecular formula is C25H34F6N4O6S. The van der Waals surface area contributed by atoms with Gasteiger partial charge in [-0.15, -0.1) is 0 Å². The van der Waals surface area contributed by atoms with Crippen LogP contribution in [0.1, 0.15) is 52.9 Å². The van der Waals surface area contributed by atoms with Crippen molar-refractivity contribution in [3.05, 3.63) is 11.2 Å². The number of fused-ring (bicyclic) bond motifs is 3. The molecule has 3 aliphatic heterocycles. The Morgan fingerprint density at radius 1 is 1.12 bits per heavy atom. The number of carbonyl (C=O) groups is 4. The second-order valence-electron chi connectivity index (χ2n) is 12.1. The monoisotopic (exact) mass is 632 g/mol. The lowest BCUT2D eigenvalue weighted by molar-refractivity contribution is -0.197. The maximum atomic E-state index is 15.1. The highest BCUT2D eigenvalue weighted by Crippen LogP contribution is 2.49. The van der Waals surface area contributed by atoms with Crippen LogP contribution < -0.4 is 16.0 Å². The molecule has 0 spiro atoms. The number of piperidine rings is 2. The molecule has 1 aliphatic carbocycles. The van der Waals surface area contributed by atoms with Crippen molar-refractivity contribution in [3.8, 4) is 0 Å². The van der Waals surface area contributed by atoms with E-state index in [0.717, 1.165) is 4.90 Å². The quantitative estimate of drug-likeness (QED) is 0.350. The minimum atomic E-state index is -5.36. The van der Waals surface area contributed by atoms with Crippen LogP contribution in [0.2, 0.25) is 0 Å². The van der Waals surface area contributed by atoms with Crippen LogP contribution in [0.25, 0.3) is 0 Å². The topological polar surface area (TPSA) is 142 Å². The van der Waals surface area contributed by atoms with E-state index in [1.165, 1.54) is 20.8 Å². The summed E-state index contributed by atoms with van der Waals surface area (Å²) < 4.78 is 107. The fraction of sp³-hybridized carbons (Fsp3) is 0.760. The van der Waals surface area contributed by atoms with Crippen LogP contribution in [-0.4, -0.2) is 86.0 Å². The first-order chi connectivity index (χ1) is 19.0. The molecule has 3 saturated heterocycles. The van der Waals surface area contributed by atoms with Crippen molar-refractivity contribution in [1.82, 2.24) is 20.9 Å². The Morgan fingerprint density at radius 2 is 1.74 bits per heavy atom. The molecule has 238 valence electrons. The van der Waals surface area contributed by atoms with Crippen molar-refractivity contribution < 1.29 is 53.9 Å². The summed E-state index contributed by atoms with van der Waals surface area (Å²) in [4.78, 5) is 52.0. The number of halogens is 6. The fourth-order valence-corrected chi connectivity index (χ4v) is 6.14. The lowest BCUT2D eigenvalue weighted by atomic mass is 9.70. The number of carbonyl (C=O) groups excluding carboxylic acids is 4. The van der Waals surface area contributed by atoms with E-state index in [1.807, 2.05) is 0 Å². The highest BCUT2D eigenvalue weighted by Gasteiger charge is 2.61. The molecule has 2 bridgehead atoms. The summed E-state index contributed by atoms with van der Waals surface area (Å²) in [5, 5.41) is 4.81. The summed E-state index contributed by atoms with van der Waals surface area (Å²) in [5.41, 5.74) is -1.35. The highest BCUT2D eigenvalue weighted by atomic mass is 32.2. The third-order valence-electron chi connectivity index (χ3n) is 7.82. The van der Waals surface area contributed by atoms with Gasteiger partial charge >= 0.3 is 12.1 Å². The van der Waals surface area contributed by atoms with Gasteiger partial charge in [-0.2, -0.15) is 17.6 Å². The molecule has 0 aromatic heterocycles. The second-order valence-corrected chi connectivity index (χ2v) is 14.1. The van der Waals surface area contributed by atoms with E-state index in [1.54, 1.807) is 5.32 Å². The summed E-state index contributed by atoms with van der Waals surface area (Å²) >= 11 is 0. The molecule has 10 nitrogen and oxygen atoms in total. The molecule has 4 rings (SSSR count). The molecule has 4 fully saturated rings. The van der Waals surface area contributed by atoms with Gasteiger partial charge < -0.3 is 20.9 Å². The smallest absolute Gasteiger partial charge is 0.356 e. The molecule has 0 aromatic carbocycles. The average molecular weight is 633 g/mol. The number of hydrogen-bond donors (Lipinski definition) is 3. The molecule has 6 atom stereocenters. The maximum Gasteiger partial charge on any atom is 0.471 e. The number of sulfone groups is 1. The zero-order valence-electron chi connectivity index (χ0n) is 23.4. The standard InChI is InChI=1S/C25H34F6N4O6S/c1-23(2,3)18(34-22(39)25(29,30)31)21(38)35-14-5-6-15(24(27,28)11-14)17(35)20(37)33-13(10-16(26)42(4,40)41)9-12-7-8-32-19(12)36/h10,12-15,17-18H,5-9,11H2,1-4H3,(H,32,36)(H,33,37)(H,34,39)/b16-10+/t12-,13-,14+,15+,17+,18-/m0/s1. The predicted octanol–water partition coefficient (Wildman–Crippen LogP) is 1.96. The van der Waals surface area contributed by atoms with E-state index in [4.69, 9.17) is 0 Å². The van der Waals surface area contributed by atoms with E-state index >= 15 is 8.78 Å². The van der Waals surface area contributed by atoms with E-state index in [-0.39, 0.29) is 32.2 Å². The van der Waals surface area contributed by atoms with Gasteiger partial charge in [0.2, 0.25) is 32.7 Å². The number of nitrogens with one attached hydrogen (secondary N) is 3. The number of nitrogens with zero attached hydrogens (tertiary/aromatic N) is 1. The van der Waals surface area contributed by atoms with Gasteiger partial charge in [0, 0.05) is 31.2 Å². The van der Waals surface area contributed by atoms with Crippen molar-refractivity contribution in [2.45, 2.75) is 89.1 Å². The van der Waals surface area contributed by atoms with Crippen LogP contribution in [0.5, 0.6) is 0 Å². The number of rotatable bonds is 8. The van der Waals surface area contributed by atoms with Gasteiger partial charge in [-0.05, 0) is 37.2 Å². The largest absolute Gasteiger partial charge is 0.471 e. The molecule has 0 aromatic rings. The SMILES string of the molecule is CC(C)(C)[C@@H](NC(=O)C(F)(F)F)C(=O)N1[C@@H]2CC[C@H]([C@@H]1C(=O)N[C@H](/C=C(\F)S(C)(=O)=O)C[C@@H]1CCNC1=O)C(F)(F)C2. The summed E-state index contributed by atoms with van der Waals surface area (Å²) in [6.45, 7) is 4.31. The molecule has 3 heterocycles. The van der Waals surface area contributed by atoms with Crippen LogP contribution in [0.15, 0.2) is 11.2 Å². The molecule has 3 N–H and O–H groups in total. The lowest BCUT2D eigenvalue weighted by Crippen LogP contribution is -2.71. The first-order valence-corrected chi connectivity index (χ1v) is 15.2. The van der Waals surface area contributed by atoms with E-state index in [9.17, 15) is 45.2 Å². The predicted molar refractivity (Wildman–Crippen MR) is 136 cm³/mol. The number of amides is 4. The summed E-state index contributed by atoms with van der Waals surface area (Å²) in [6, 6.07) is -6.56. The van der Waals surface area contributed by atoms with Gasteiger partial charge in [-0.3, -0.25) is 19.2 Å². The number of alkyl halides is 5. The van der Waals surface area contributed by atoms with Crippen LogP contribution in [-0.2, 0) is 29.0 Å². The second kappa shape index (κ2) is 11.7. The minimum Gasteiger partial charge on any atom is -0.356 e. The van der Waals surface area contributed by atoms with Crippen LogP contribution in [0.4, 0.5) is 26.3 Å². The highest BCUT2D eigenvalue weighted by molar-refractivity contribution is 7.94. The molecular weight excluding hydrogens is 598 g/mol. The lowest BCUT2D eigenvalue weighted by Gasteiger charge is -2.55. The Balaban J connectivity index is 2.00. The van der Waals surface area contributed by atoms with Crippen LogP contribution in [0.3, 0.4) is 0 Å². The fourth-order valence-electron chi connectivity index (χ4n) is 5.73. The summed E-state index contributed by atoms with van der Waals surface area (Å²) in [7, 11) is -4.38. The molecule has 1 saturated carbocycles. The Morgan fingerprint density at radius 3 is 2.21 bits per heavy atom. The summed E-state index contributed by atoms with van der Waals surface area (Å²) in [5.74, 6) is -11.3.